The molecule has 3 aromatic rings. The van der Waals surface area contributed by atoms with Crippen molar-refractivity contribution in [2.24, 2.45) is 0 Å². The lowest BCUT2D eigenvalue weighted by atomic mass is 9.88. The number of hydrogen-bond acceptors (Lipinski definition) is 3. The van der Waals surface area contributed by atoms with Gasteiger partial charge >= 0.3 is 0 Å². The van der Waals surface area contributed by atoms with Gasteiger partial charge in [-0.3, -0.25) is 9.78 Å². The van der Waals surface area contributed by atoms with Gasteiger partial charge in [0.1, 0.15) is 19.2 Å². The number of fused-ring (bicyclic) bond motifs is 1. The maximum Gasteiger partial charge on any atom is 0.155 e. The Morgan fingerprint density at radius 2 is 1.96 bits per heavy atom. The second-order valence-corrected chi connectivity index (χ2v) is 5.48. The molecule has 114 valence electrons. The summed E-state index contributed by atoms with van der Waals surface area (Å²) in [7, 11) is 3.48. The largest absolute Gasteiger partial charge is 0.494 e. The van der Waals surface area contributed by atoms with E-state index in [2.05, 4.69) is 4.98 Å². The van der Waals surface area contributed by atoms with Gasteiger partial charge in [-0.25, -0.2) is 4.39 Å². The number of ether oxygens (including phenoxy) is 1. The summed E-state index contributed by atoms with van der Waals surface area (Å²) in [6.45, 7) is 0. The summed E-state index contributed by atoms with van der Waals surface area (Å²) in [4.78, 5) is 15.7. The van der Waals surface area contributed by atoms with Crippen LogP contribution in [0.3, 0.4) is 0 Å². The van der Waals surface area contributed by atoms with Gasteiger partial charge in [-0.15, -0.1) is 0 Å². The van der Waals surface area contributed by atoms with Gasteiger partial charge in [0.25, 0.3) is 0 Å². The molecule has 0 radical (unpaired) electrons. The molecule has 0 atom stereocenters. The van der Waals surface area contributed by atoms with E-state index in [9.17, 15) is 9.18 Å². The molecule has 5 heteroatoms. The van der Waals surface area contributed by atoms with Crippen molar-refractivity contribution in [3.63, 3.8) is 0 Å². The number of carbonyl (C=O) groups is 1. The van der Waals surface area contributed by atoms with Gasteiger partial charge in [0.2, 0.25) is 0 Å². The van der Waals surface area contributed by atoms with Crippen molar-refractivity contribution in [1.29, 1.82) is 0 Å². The number of nitrogens with zero attached hydrogens (tertiary/aromatic N) is 1. The average Bonchev–Trinajstić information content (AvgIpc) is 2.57. The third-order valence-electron chi connectivity index (χ3n) is 3.87. The van der Waals surface area contributed by atoms with Crippen molar-refractivity contribution >= 4 is 30.5 Å². The summed E-state index contributed by atoms with van der Waals surface area (Å²) in [5.74, 6) is 0.251. The summed E-state index contributed by atoms with van der Waals surface area (Å²) in [5.41, 5.74) is 4.18. The van der Waals surface area contributed by atoms with Gasteiger partial charge in [-0.1, -0.05) is 23.7 Å². The highest BCUT2D eigenvalue weighted by atomic mass is 19.1. The maximum absolute atomic E-state index is 13.0. The number of benzene rings is 2. The zero-order valence-electron chi connectivity index (χ0n) is 13.0. The first-order valence-corrected chi connectivity index (χ1v) is 7.28. The average molecular weight is 307 g/mol. The van der Waals surface area contributed by atoms with E-state index in [1.807, 2.05) is 13.9 Å². The molecule has 0 spiro atoms. The lowest BCUT2D eigenvalue weighted by molar-refractivity contribution is 0.112. The number of rotatable bonds is 4. The highest BCUT2D eigenvalue weighted by Gasteiger charge is 2.12. The predicted molar refractivity (Wildman–Crippen MR) is 91.1 cm³/mol. The van der Waals surface area contributed by atoms with Crippen LogP contribution in [0.1, 0.15) is 21.5 Å². The molecule has 0 saturated heterocycles. The van der Waals surface area contributed by atoms with E-state index in [-0.39, 0.29) is 5.82 Å². The minimum atomic E-state index is -0.243. The van der Waals surface area contributed by atoms with Crippen LogP contribution in [0.15, 0.2) is 42.6 Å². The fourth-order valence-electron chi connectivity index (χ4n) is 2.74. The Balaban J connectivity index is 2.06. The second kappa shape index (κ2) is 6.20. The van der Waals surface area contributed by atoms with E-state index in [4.69, 9.17) is 4.74 Å². The van der Waals surface area contributed by atoms with Crippen LogP contribution in [0.5, 0.6) is 5.75 Å². The molecule has 0 aliphatic heterocycles. The fraction of sp³-hybridized carbons (Fsp3) is 0.111. The molecule has 3 nitrogen and oxygen atoms in total. The van der Waals surface area contributed by atoms with E-state index >= 15 is 0 Å². The molecule has 2 aromatic carbocycles. The topological polar surface area (TPSA) is 39.2 Å². The van der Waals surface area contributed by atoms with Crippen molar-refractivity contribution in [3.8, 4) is 5.75 Å². The zero-order valence-corrected chi connectivity index (χ0v) is 13.0. The summed E-state index contributed by atoms with van der Waals surface area (Å²) >= 11 is 0. The Labute approximate surface area is 134 Å². The molecule has 0 saturated carbocycles. The summed E-state index contributed by atoms with van der Waals surface area (Å²) in [6.07, 6.45) is 3.21. The number of halogens is 1. The fourth-order valence-corrected chi connectivity index (χ4v) is 2.74. The minimum absolute atomic E-state index is 0.243. The van der Waals surface area contributed by atoms with Gasteiger partial charge < -0.3 is 4.74 Å². The van der Waals surface area contributed by atoms with E-state index < -0.39 is 0 Å². The SMILES string of the molecule is Bc1cc(C=O)c(OC)c2ncc(Cc3ccc(F)cc3)cc12. The Morgan fingerprint density at radius 3 is 2.61 bits per heavy atom. The van der Waals surface area contributed by atoms with Crippen LogP contribution in [0, 0.1) is 5.82 Å². The molecule has 0 aliphatic carbocycles. The monoisotopic (exact) mass is 307 g/mol. The van der Waals surface area contributed by atoms with E-state index in [1.54, 1.807) is 24.4 Å². The molecule has 0 amide bonds. The van der Waals surface area contributed by atoms with Crippen LogP contribution in [0.2, 0.25) is 0 Å². The first kappa shape index (κ1) is 15.2. The molecule has 0 unspecified atom stereocenters. The molecule has 0 aliphatic rings. The Morgan fingerprint density at radius 1 is 1.22 bits per heavy atom. The summed E-state index contributed by atoms with van der Waals surface area (Å²) < 4.78 is 18.3. The van der Waals surface area contributed by atoms with Crippen molar-refractivity contribution in [3.05, 3.63) is 65.1 Å². The van der Waals surface area contributed by atoms with Crippen LogP contribution in [-0.2, 0) is 6.42 Å². The van der Waals surface area contributed by atoms with E-state index in [1.165, 1.54) is 19.2 Å². The molecule has 0 bridgehead atoms. The number of aldehydes is 1. The Kier molecular flexibility index (Phi) is 4.11. The Hall–Kier alpha value is -2.69. The summed E-state index contributed by atoms with van der Waals surface area (Å²) in [6, 6.07) is 10.3. The van der Waals surface area contributed by atoms with Gasteiger partial charge in [-0.05, 0) is 41.1 Å². The first-order valence-electron chi connectivity index (χ1n) is 7.28. The Bertz CT molecular complexity index is 878. The van der Waals surface area contributed by atoms with Gasteiger partial charge in [0, 0.05) is 6.20 Å². The highest BCUT2D eigenvalue weighted by molar-refractivity contribution is 6.39. The highest BCUT2D eigenvalue weighted by Crippen LogP contribution is 2.26. The smallest absolute Gasteiger partial charge is 0.155 e. The van der Waals surface area contributed by atoms with Crippen molar-refractivity contribution in [1.82, 2.24) is 4.98 Å². The lowest BCUT2D eigenvalue weighted by Crippen LogP contribution is -2.09. The number of methoxy groups -OCH3 is 1. The van der Waals surface area contributed by atoms with E-state index in [0.717, 1.165) is 28.3 Å². The van der Waals surface area contributed by atoms with Crippen molar-refractivity contribution in [2.45, 2.75) is 6.42 Å². The van der Waals surface area contributed by atoms with Gasteiger partial charge in [0.05, 0.1) is 12.7 Å². The molecule has 0 N–H and O–H groups in total. The minimum Gasteiger partial charge on any atom is -0.494 e. The molecule has 1 aromatic heterocycles. The molecular weight excluding hydrogens is 292 g/mol. The predicted octanol–water partition coefficient (Wildman–Crippen LogP) is 2.04. The van der Waals surface area contributed by atoms with Crippen LogP contribution in [0.25, 0.3) is 10.9 Å². The van der Waals surface area contributed by atoms with Crippen molar-refractivity contribution in [2.75, 3.05) is 7.11 Å². The number of hydrogen-bond donors (Lipinski definition) is 0. The van der Waals surface area contributed by atoms with Crippen LogP contribution in [-0.4, -0.2) is 26.2 Å². The lowest BCUT2D eigenvalue weighted by Gasteiger charge is -2.11. The van der Waals surface area contributed by atoms with Crippen molar-refractivity contribution < 1.29 is 13.9 Å². The number of pyridine rings is 1. The standard InChI is InChI=1S/C18H15BFNO2/c1-23-18-13(10-22)8-16(19)15-7-12(9-21-17(15)18)6-11-2-4-14(20)5-3-11/h2-5,7-10H,6,19H2,1H3. The second-order valence-electron chi connectivity index (χ2n) is 5.48. The molecule has 3 rings (SSSR count). The van der Waals surface area contributed by atoms with Gasteiger partial charge in [-0.2, -0.15) is 0 Å². The first-order chi connectivity index (χ1) is 11.1. The normalized spacial score (nSPS) is 10.7. The number of aromatic nitrogens is 1. The molecular formula is C18H15BFNO2. The summed E-state index contributed by atoms with van der Waals surface area (Å²) in [5, 5.41) is 0.951. The van der Waals surface area contributed by atoms with E-state index in [0.29, 0.717) is 23.3 Å². The third-order valence-corrected chi connectivity index (χ3v) is 3.87. The van der Waals surface area contributed by atoms with Crippen LogP contribution in [0.4, 0.5) is 4.39 Å². The van der Waals surface area contributed by atoms with Gasteiger partial charge in [0.15, 0.2) is 12.0 Å². The zero-order chi connectivity index (χ0) is 16.4. The quantitative estimate of drug-likeness (QED) is 0.547. The number of carbonyl (C=O) groups excluding carboxylic acids is 1. The molecule has 0 fully saturated rings. The maximum atomic E-state index is 13.0. The third kappa shape index (κ3) is 2.95. The van der Waals surface area contributed by atoms with Crippen LogP contribution < -0.4 is 10.2 Å². The molecule has 23 heavy (non-hydrogen) atoms. The van der Waals surface area contributed by atoms with Crippen LogP contribution >= 0.6 is 0 Å². The molecule has 1 heterocycles.